The van der Waals surface area contributed by atoms with E-state index in [1.165, 1.54) is 0 Å². The third kappa shape index (κ3) is 6.72. The van der Waals surface area contributed by atoms with Crippen LogP contribution in [0.4, 0.5) is 0 Å². The second-order valence-electron chi connectivity index (χ2n) is 7.93. The highest BCUT2D eigenvalue weighted by molar-refractivity contribution is 5.72. The summed E-state index contributed by atoms with van der Waals surface area (Å²) in [6.07, 6.45) is 1.72. The molecule has 0 aliphatic carbocycles. The normalized spacial score (nSPS) is 10.5. The minimum atomic E-state index is -0.256. The Hall–Kier alpha value is -4.05. The quantitative estimate of drug-likeness (QED) is 0.189. The number of carbonyl (C=O) groups excluding carboxylic acids is 1. The summed E-state index contributed by atoms with van der Waals surface area (Å²) in [5, 5.41) is 0. The van der Waals surface area contributed by atoms with Crippen LogP contribution in [0.2, 0.25) is 0 Å². The summed E-state index contributed by atoms with van der Waals surface area (Å²) in [6, 6.07) is 33.0. The van der Waals surface area contributed by atoms with E-state index < -0.39 is 0 Å². The van der Waals surface area contributed by atoms with Gasteiger partial charge in [-0.2, -0.15) is 0 Å². The molecule has 0 saturated heterocycles. The van der Waals surface area contributed by atoms with Gasteiger partial charge in [-0.3, -0.25) is 4.79 Å². The SMILES string of the molecule is CCc1cccc(OC(=O)CCc2ccccc2OCc2cccc(Oc3ccccc3)c2)c1. The maximum Gasteiger partial charge on any atom is 0.311 e. The largest absolute Gasteiger partial charge is 0.489 e. The van der Waals surface area contributed by atoms with E-state index in [1.54, 1.807) is 0 Å². The Morgan fingerprint density at radius 1 is 0.706 bits per heavy atom. The van der Waals surface area contributed by atoms with Crippen molar-refractivity contribution in [2.75, 3.05) is 0 Å². The van der Waals surface area contributed by atoms with Crippen LogP contribution in [0, 0.1) is 0 Å². The van der Waals surface area contributed by atoms with Crippen molar-refractivity contribution in [1.82, 2.24) is 0 Å². The first kappa shape index (κ1) is 23.1. The van der Waals surface area contributed by atoms with Crippen LogP contribution in [0.25, 0.3) is 0 Å². The molecule has 0 spiro atoms. The molecule has 172 valence electrons. The maximum absolute atomic E-state index is 12.4. The van der Waals surface area contributed by atoms with Gasteiger partial charge < -0.3 is 14.2 Å². The molecule has 34 heavy (non-hydrogen) atoms. The fourth-order valence-electron chi connectivity index (χ4n) is 3.58. The molecule has 0 unspecified atom stereocenters. The summed E-state index contributed by atoms with van der Waals surface area (Å²) in [7, 11) is 0. The first-order valence-corrected chi connectivity index (χ1v) is 11.5. The standard InChI is InChI=1S/C30H28O4/c1-2-23-10-8-16-28(20-23)34-30(31)19-18-25-12-6-7-17-29(25)32-22-24-11-9-15-27(21-24)33-26-13-4-3-5-14-26/h3-17,20-21H,2,18-19,22H2,1H3. The highest BCUT2D eigenvalue weighted by Gasteiger charge is 2.10. The first-order chi connectivity index (χ1) is 16.7. The molecule has 0 heterocycles. The Bertz CT molecular complexity index is 1220. The van der Waals surface area contributed by atoms with Crippen LogP contribution in [0.1, 0.15) is 30.0 Å². The zero-order valence-electron chi connectivity index (χ0n) is 19.3. The Morgan fingerprint density at radius 3 is 2.21 bits per heavy atom. The lowest BCUT2D eigenvalue weighted by Crippen LogP contribution is -2.09. The van der Waals surface area contributed by atoms with Gasteiger partial charge in [0.15, 0.2) is 0 Å². The molecule has 0 aliphatic rings. The van der Waals surface area contributed by atoms with E-state index in [4.69, 9.17) is 14.2 Å². The van der Waals surface area contributed by atoms with Crippen molar-refractivity contribution in [3.05, 3.63) is 120 Å². The van der Waals surface area contributed by atoms with Gasteiger partial charge in [-0.1, -0.05) is 67.6 Å². The molecule has 0 N–H and O–H groups in total. The molecule has 0 aliphatic heterocycles. The van der Waals surface area contributed by atoms with E-state index in [2.05, 4.69) is 6.92 Å². The number of aryl methyl sites for hydroxylation is 2. The molecule has 0 saturated carbocycles. The van der Waals surface area contributed by atoms with E-state index in [9.17, 15) is 4.79 Å². The second-order valence-corrected chi connectivity index (χ2v) is 7.93. The first-order valence-electron chi connectivity index (χ1n) is 11.5. The van der Waals surface area contributed by atoms with Gasteiger partial charge in [-0.15, -0.1) is 0 Å². The van der Waals surface area contributed by atoms with E-state index in [0.717, 1.165) is 40.4 Å². The summed E-state index contributed by atoms with van der Waals surface area (Å²) < 4.78 is 17.5. The van der Waals surface area contributed by atoms with E-state index in [1.807, 2.05) is 103 Å². The lowest BCUT2D eigenvalue weighted by molar-refractivity contribution is -0.134. The molecule has 0 aromatic heterocycles. The average Bonchev–Trinajstić information content (AvgIpc) is 2.87. The van der Waals surface area contributed by atoms with Gasteiger partial charge in [0, 0.05) is 0 Å². The molecule has 4 rings (SSSR count). The maximum atomic E-state index is 12.4. The summed E-state index contributed by atoms with van der Waals surface area (Å²) in [5.74, 6) is 2.65. The second kappa shape index (κ2) is 11.7. The summed E-state index contributed by atoms with van der Waals surface area (Å²) >= 11 is 0. The van der Waals surface area contributed by atoms with Crippen molar-refractivity contribution in [2.24, 2.45) is 0 Å². The van der Waals surface area contributed by atoms with Gasteiger partial charge in [0.2, 0.25) is 0 Å². The molecular formula is C30H28O4. The number of hydrogen-bond acceptors (Lipinski definition) is 4. The highest BCUT2D eigenvalue weighted by atomic mass is 16.5. The van der Waals surface area contributed by atoms with Crippen LogP contribution >= 0.6 is 0 Å². The van der Waals surface area contributed by atoms with Crippen molar-refractivity contribution < 1.29 is 19.0 Å². The van der Waals surface area contributed by atoms with Crippen molar-refractivity contribution in [2.45, 2.75) is 32.8 Å². The van der Waals surface area contributed by atoms with Crippen LogP contribution in [0.15, 0.2) is 103 Å². The summed E-state index contributed by atoms with van der Waals surface area (Å²) in [6.45, 7) is 2.47. The predicted octanol–water partition coefficient (Wildman–Crippen LogP) is 7.16. The van der Waals surface area contributed by atoms with Crippen LogP contribution in [-0.2, 0) is 24.2 Å². The minimum absolute atomic E-state index is 0.256. The van der Waals surface area contributed by atoms with Gasteiger partial charge in [-0.25, -0.2) is 0 Å². The highest BCUT2D eigenvalue weighted by Crippen LogP contribution is 2.25. The van der Waals surface area contributed by atoms with Gasteiger partial charge in [0.1, 0.15) is 29.6 Å². The Balaban J connectivity index is 1.33. The Labute approximate surface area is 200 Å². The number of benzene rings is 4. The third-order valence-corrected chi connectivity index (χ3v) is 5.38. The summed E-state index contributed by atoms with van der Waals surface area (Å²) in [4.78, 5) is 12.4. The number of hydrogen-bond donors (Lipinski definition) is 0. The van der Waals surface area contributed by atoms with Gasteiger partial charge in [-0.05, 0) is 72.0 Å². The molecular weight excluding hydrogens is 424 g/mol. The fraction of sp³-hybridized carbons (Fsp3) is 0.167. The number of carbonyl (C=O) groups is 1. The molecule has 4 aromatic rings. The van der Waals surface area contributed by atoms with Crippen LogP contribution in [0.5, 0.6) is 23.0 Å². The molecule has 0 bridgehead atoms. The van der Waals surface area contributed by atoms with Gasteiger partial charge >= 0.3 is 5.97 Å². The lowest BCUT2D eigenvalue weighted by atomic mass is 10.1. The molecule has 0 fully saturated rings. The monoisotopic (exact) mass is 452 g/mol. The number of para-hydroxylation sites is 2. The van der Waals surface area contributed by atoms with Crippen molar-refractivity contribution in [3.8, 4) is 23.0 Å². The fourth-order valence-corrected chi connectivity index (χ4v) is 3.58. The van der Waals surface area contributed by atoms with E-state index >= 15 is 0 Å². The zero-order chi connectivity index (χ0) is 23.6. The molecule has 0 atom stereocenters. The topological polar surface area (TPSA) is 44.8 Å². The van der Waals surface area contributed by atoms with Gasteiger partial charge in [0.05, 0.1) is 6.42 Å². The van der Waals surface area contributed by atoms with Crippen molar-refractivity contribution in [1.29, 1.82) is 0 Å². The minimum Gasteiger partial charge on any atom is -0.489 e. The van der Waals surface area contributed by atoms with Crippen molar-refractivity contribution >= 4 is 5.97 Å². The molecule has 4 aromatic carbocycles. The number of esters is 1. The average molecular weight is 453 g/mol. The predicted molar refractivity (Wildman–Crippen MR) is 134 cm³/mol. The molecule has 0 amide bonds. The lowest BCUT2D eigenvalue weighted by Gasteiger charge is -2.12. The van der Waals surface area contributed by atoms with Crippen LogP contribution in [-0.4, -0.2) is 5.97 Å². The zero-order valence-corrected chi connectivity index (χ0v) is 19.3. The molecule has 4 nitrogen and oxygen atoms in total. The summed E-state index contributed by atoms with van der Waals surface area (Å²) in [5.41, 5.74) is 3.11. The molecule has 4 heteroatoms. The number of ether oxygens (including phenoxy) is 3. The van der Waals surface area contributed by atoms with Gasteiger partial charge in [0.25, 0.3) is 0 Å². The van der Waals surface area contributed by atoms with E-state index in [0.29, 0.717) is 18.8 Å². The van der Waals surface area contributed by atoms with Crippen LogP contribution < -0.4 is 14.2 Å². The smallest absolute Gasteiger partial charge is 0.311 e. The Kier molecular flexibility index (Phi) is 7.96. The number of rotatable bonds is 10. The van der Waals surface area contributed by atoms with Crippen LogP contribution in [0.3, 0.4) is 0 Å². The Morgan fingerprint density at radius 2 is 1.38 bits per heavy atom. The van der Waals surface area contributed by atoms with Crippen molar-refractivity contribution in [3.63, 3.8) is 0 Å². The molecule has 0 radical (unpaired) electrons. The third-order valence-electron chi connectivity index (χ3n) is 5.38. The van der Waals surface area contributed by atoms with E-state index in [-0.39, 0.29) is 12.4 Å².